The third-order valence-corrected chi connectivity index (χ3v) is 0.702. The van der Waals surface area contributed by atoms with Gasteiger partial charge in [0.1, 0.15) is 6.29 Å². The number of rotatable bonds is 2. The van der Waals surface area contributed by atoms with Crippen LogP contribution >= 0.6 is 11.6 Å². The molecule has 0 heterocycles. The normalized spacial score (nSPS) is 12.2. The van der Waals surface area contributed by atoms with E-state index >= 15 is 0 Å². The minimum Gasteiger partial charge on any atom is -0.301 e. The van der Waals surface area contributed by atoms with Gasteiger partial charge >= 0.3 is 5.97 Å². The number of aldehydes is 1. The summed E-state index contributed by atoms with van der Waals surface area (Å²) in [6.45, 7) is 0. The molecule has 1 unspecified atom stereocenters. The molecule has 8 heavy (non-hydrogen) atoms. The molecule has 0 aliphatic carbocycles. The smallest absolute Gasteiger partial charge is 0.301 e. The Morgan fingerprint density at radius 1 is 1.88 bits per heavy atom. The number of hydrogen-bond acceptors (Lipinski definition) is 3. The van der Waals surface area contributed by atoms with Crippen molar-refractivity contribution in [1.29, 1.82) is 0 Å². The Morgan fingerprint density at radius 3 is 2.50 bits per heavy atom. The highest BCUT2D eigenvalue weighted by molar-refractivity contribution is 6.37. The summed E-state index contributed by atoms with van der Waals surface area (Å²) in [6, 6.07) is 0. The lowest BCUT2D eigenvalue weighted by atomic mass is 10.5. The molecule has 0 aliphatic heterocycles. The summed E-state index contributed by atoms with van der Waals surface area (Å²) < 4.78 is 10.7. The van der Waals surface area contributed by atoms with E-state index < -0.39 is 11.3 Å². The van der Waals surface area contributed by atoms with Crippen LogP contribution in [0.5, 0.6) is 0 Å². The fourth-order valence-electron chi connectivity index (χ4n) is 0.0981. The van der Waals surface area contributed by atoms with E-state index in [0.29, 0.717) is 0 Å². The maximum atomic E-state index is 10.7. The molecule has 0 aromatic rings. The van der Waals surface area contributed by atoms with Crippen molar-refractivity contribution in [2.24, 2.45) is 0 Å². The molecule has 0 amide bonds. The fourth-order valence-corrected chi connectivity index (χ4v) is 0.132. The van der Waals surface area contributed by atoms with Crippen molar-refractivity contribution in [3.8, 4) is 0 Å². The molecule has 0 aromatic carbocycles. The zero-order chi connectivity index (χ0) is 6.57. The van der Waals surface area contributed by atoms with Gasteiger partial charge in [-0.1, -0.05) is 0 Å². The molecule has 0 rings (SSSR count). The molecule has 0 saturated carbocycles. The SMILES string of the molecule is O=CC(Cl)C(=O)OF. The van der Waals surface area contributed by atoms with Crippen LogP contribution in [0.4, 0.5) is 4.53 Å². The van der Waals surface area contributed by atoms with Crippen molar-refractivity contribution in [3.63, 3.8) is 0 Å². The van der Waals surface area contributed by atoms with Gasteiger partial charge in [-0.2, -0.15) is 0 Å². The summed E-state index contributed by atoms with van der Waals surface area (Å²) in [4.78, 5) is 21.9. The average Bonchev–Trinajstić information content (AvgIpc) is 1.84. The molecule has 1 atom stereocenters. The number of halogens is 2. The highest BCUT2D eigenvalue weighted by Gasteiger charge is 2.15. The van der Waals surface area contributed by atoms with Crippen molar-refractivity contribution in [2.45, 2.75) is 5.38 Å². The van der Waals surface area contributed by atoms with Gasteiger partial charge in [0.2, 0.25) is 0 Å². The van der Waals surface area contributed by atoms with Crippen LogP contribution in [0.25, 0.3) is 0 Å². The standard InChI is InChI=1S/C3H2ClFO3/c4-2(1-6)3(7)8-5/h1-2H. The minimum atomic E-state index is -1.53. The number of hydrogen-bond donors (Lipinski definition) is 0. The van der Waals surface area contributed by atoms with Gasteiger partial charge in [0.05, 0.1) is 0 Å². The average molecular weight is 140 g/mol. The zero-order valence-electron chi connectivity index (χ0n) is 3.64. The third kappa shape index (κ3) is 1.88. The Balaban J connectivity index is 3.62. The van der Waals surface area contributed by atoms with Crippen LogP contribution < -0.4 is 0 Å². The first kappa shape index (κ1) is 7.36. The van der Waals surface area contributed by atoms with E-state index in [4.69, 9.17) is 11.6 Å². The van der Waals surface area contributed by atoms with Gasteiger partial charge in [-0.05, 0) is 0 Å². The highest BCUT2D eigenvalue weighted by Crippen LogP contribution is 1.93. The molecule has 0 bridgehead atoms. The maximum Gasteiger partial charge on any atom is 0.373 e. The number of carbonyl (C=O) groups excluding carboxylic acids is 2. The van der Waals surface area contributed by atoms with Crippen LogP contribution in [-0.2, 0) is 14.5 Å². The van der Waals surface area contributed by atoms with E-state index in [1.165, 1.54) is 0 Å². The van der Waals surface area contributed by atoms with Gasteiger partial charge < -0.3 is 4.79 Å². The Labute approximate surface area is 49.3 Å². The number of alkyl halides is 1. The zero-order valence-corrected chi connectivity index (χ0v) is 4.39. The molecule has 0 N–H and O–H groups in total. The number of carbonyl (C=O) groups is 2. The first-order chi connectivity index (χ1) is 3.72. The van der Waals surface area contributed by atoms with E-state index in [-0.39, 0.29) is 6.29 Å². The van der Waals surface area contributed by atoms with Crippen LogP contribution in [0.2, 0.25) is 0 Å². The van der Waals surface area contributed by atoms with E-state index in [1.54, 1.807) is 0 Å². The van der Waals surface area contributed by atoms with Crippen molar-refractivity contribution >= 4 is 23.9 Å². The van der Waals surface area contributed by atoms with E-state index in [9.17, 15) is 14.1 Å². The minimum absolute atomic E-state index is 0.0729. The quantitative estimate of drug-likeness (QED) is 0.313. The predicted molar refractivity (Wildman–Crippen MR) is 22.9 cm³/mol. The summed E-state index contributed by atoms with van der Waals surface area (Å²) in [6.07, 6.45) is 0.0729. The first-order valence-electron chi connectivity index (χ1n) is 1.64. The topological polar surface area (TPSA) is 43.4 Å². The van der Waals surface area contributed by atoms with Gasteiger partial charge in [0.25, 0.3) is 0 Å². The molecule has 0 saturated heterocycles. The molecule has 5 heteroatoms. The third-order valence-electron chi connectivity index (χ3n) is 0.421. The Kier molecular flexibility index (Phi) is 3.10. The molecule has 3 nitrogen and oxygen atoms in total. The lowest BCUT2D eigenvalue weighted by Crippen LogP contribution is -2.15. The van der Waals surface area contributed by atoms with Crippen LogP contribution in [-0.4, -0.2) is 17.6 Å². The van der Waals surface area contributed by atoms with Gasteiger partial charge in [-0.25, -0.2) is 4.79 Å². The van der Waals surface area contributed by atoms with Gasteiger partial charge in [-0.3, -0.25) is 4.94 Å². The monoisotopic (exact) mass is 140 g/mol. The molecule has 46 valence electrons. The van der Waals surface area contributed by atoms with Gasteiger partial charge in [0.15, 0.2) is 5.38 Å². The molecule has 0 fully saturated rings. The second kappa shape index (κ2) is 3.37. The second-order valence-corrected chi connectivity index (χ2v) is 1.40. The maximum absolute atomic E-state index is 10.7. The van der Waals surface area contributed by atoms with E-state index in [0.717, 1.165) is 0 Å². The highest BCUT2D eigenvalue weighted by atomic mass is 35.5. The summed E-state index contributed by atoms with van der Waals surface area (Å²) in [7, 11) is 0. The van der Waals surface area contributed by atoms with Crippen molar-refractivity contribution < 1.29 is 19.1 Å². The molecule has 0 spiro atoms. The molecule has 0 aromatic heterocycles. The summed E-state index contributed by atoms with van der Waals surface area (Å²) in [5.41, 5.74) is 0. The Hall–Kier alpha value is -0.640. The van der Waals surface area contributed by atoms with Crippen molar-refractivity contribution in [1.82, 2.24) is 0 Å². The van der Waals surface area contributed by atoms with Crippen LogP contribution in [0, 0.1) is 0 Å². The van der Waals surface area contributed by atoms with Crippen molar-refractivity contribution in [2.75, 3.05) is 0 Å². The van der Waals surface area contributed by atoms with E-state index in [1.807, 2.05) is 0 Å². The second-order valence-electron chi connectivity index (χ2n) is 0.934. The van der Waals surface area contributed by atoms with Crippen molar-refractivity contribution in [3.05, 3.63) is 0 Å². The molecular weight excluding hydrogens is 138 g/mol. The molecule has 0 aliphatic rings. The van der Waals surface area contributed by atoms with Crippen LogP contribution in [0.15, 0.2) is 0 Å². The molecule has 0 radical (unpaired) electrons. The van der Waals surface area contributed by atoms with Crippen LogP contribution in [0.1, 0.15) is 0 Å². The molecular formula is C3H2ClFO3. The first-order valence-corrected chi connectivity index (χ1v) is 2.07. The van der Waals surface area contributed by atoms with E-state index in [2.05, 4.69) is 4.94 Å². The summed E-state index contributed by atoms with van der Waals surface area (Å²) in [5, 5.41) is -1.53. The Bertz CT molecular complexity index is 105. The lowest BCUT2D eigenvalue weighted by Gasteiger charge is -1.89. The van der Waals surface area contributed by atoms with Gasteiger partial charge in [0, 0.05) is 4.53 Å². The predicted octanol–water partition coefficient (Wildman–Crippen LogP) is 0.220. The largest absolute Gasteiger partial charge is 0.373 e. The summed E-state index contributed by atoms with van der Waals surface area (Å²) in [5.74, 6) is -1.39. The summed E-state index contributed by atoms with van der Waals surface area (Å²) >= 11 is 4.83. The fraction of sp³-hybridized carbons (Fsp3) is 0.333. The Morgan fingerprint density at radius 2 is 2.38 bits per heavy atom. The van der Waals surface area contributed by atoms with Gasteiger partial charge in [-0.15, -0.1) is 11.6 Å². The van der Waals surface area contributed by atoms with Crippen LogP contribution in [0.3, 0.4) is 0 Å². The lowest BCUT2D eigenvalue weighted by molar-refractivity contribution is -0.182.